The summed E-state index contributed by atoms with van der Waals surface area (Å²) in [5, 5.41) is 2.99. The maximum atomic E-state index is 12.5. The molecule has 1 N–H and O–H groups in total. The predicted molar refractivity (Wildman–Crippen MR) is 77.2 cm³/mol. The van der Waals surface area contributed by atoms with Gasteiger partial charge in [0.1, 0.15) is 10.6 Å². The van der Waals surface area contributed by atoms with Gasteiger partial charge in [-0.1, -0.05) is 0 Å². The van der Waals surface area contributed by atoms with Crippen molar-refractivity contribution in [1.29, 1.82) is 0 Å². The number of nitrogens with zero attached hydrogens (tertiary/aromatic N) is 2. The van der Waals surface area contributed by atoms with E-state index in [-0.39, 0.29) is 17.9 Å². The summed E-state index contributed by atoms with van der Waals surface area (Å²) >= 11 is 3.26. The van der Waals surface area contributed by atoms with Gasteiger partial charge in [-0.2, -0.15) is 0 Å². The average Bonchev–Trinajstić information content (AvgIpc) is 3.10. The Labute approximate surface area is 125 Å². The maximum Gasteiger partial charge on any atom is 0.254 e. The molecule has 6 heteroatoms. The van der Waals surface area contributed by atoms with Crippen LogP contribution in [0.4, 0.5) is 0 Å². The topological polar surface area (TPSA) is 62.3 Å². The van der Waals surface area contributed by atoms with Crippen LogP contribution in [0.5, 0.6) is 0 Å². The van der Waals surface area contributed by atoms with E-state index >= 15 is 0 Å². The highest BCUT2D eigenvalue weighted by Crippen LogP contribution is 2.24. The average molecular weight is 338 g/mol. The summed E-state index contributed by atoms with van der Waals surface area (Å²) in [4.78, 5) is 30.4. The van der Waals surface area contributed by atoms with Crippen molar-refractivity contribution in [3.63, 3.8) is 0 Å². The molecule has 2 aliphatic rings. The molecule has 1 aliphatic carbocycles. The molecular formula is C14H16BrN3O2. The minimum atomic E-state index is -0.324. The molecule has 2 fully saturated rings. The van der Waals surface area contributed by atoms with Crippen molar-refractivity contribution in [2.24, 2.45) is 0 Å². The van der Waals surface area contributed by atoms with E-state index in [0.717, 1.165) is 25.7 Å². The van der Waals surface area contributed by atoms with Gasteiger partial charge in [-0.25, -0.2) is 4.98 Å². The molecule has 2 heterocycles. The first kappa shape index (κ1) is 13.5. The summed E-state index contributed by atoms with van der Waals surface area (Å²) in [6.07, 6.45) is 5.33. The highest BCUT2D eigenvalue weighted by atomic mass is 79.9. The van der Waals surface area contributed by atoms with E-state index in [1.165, 1.54) is 0 Å². The Bertz CT molecular complexity index is 545. The van der Waals surface area contributed by atoms with Crippen LogP contribution in [0.25, 0.3) is 0 Å². The molecule has 106 valence electrons. The van der Waals surface area contributed by atoms with Gasteiger partial charge in [0.05, 0.1) is 0 Å². The number of hydrogen-bond acceptors (Lipinski definition) is 3. The fourth-order valence-corrected chi connectivity index (χ4v) is 2.87. The lowest BCUT2D eigenvalue weighted by atomic mass is 10.2. The van der Waals surface area contributed by atoms with Crippen LogP contribution in [0.15, 0.2) is 22.9 Å². The molecule has 1 unspecified atom stereocenters. The van der Waals surface area contributed by atoms with E-state index in [1.807, 2.05) is 0 Å². The second-order valence-electron chi connectivity index (χ2n) is 5.31. The Kier molecular flexibility index (Phi) is 3.74. The van der Waals surface area contributed by atoms with Crippen LogP contribution in [0, 0.1) is 0 Å². The number of nitrogens with one attached hydrogen (secondary N) is 1. The number of pyridine rings is 1. The largest absolute Gasteiger partial charge is 0.352 e. The fourth-order valence-electron chi connectivity index (χ4n) is 2.51. The Hall–Kier alpha value is -1.43. The number of carbonyl (C=O) groups excluding carboxylic acids is 2. The number of carbonyl (C=O) groups is 2. The molecule has 20 heavy (non-hydrogen) atoms. The Morgan fingerprint density at radius 1 is 1.35 bits per heavy atom. The third kappa shape index (κ3) is 2.85. The number of likely N-dealkylation sites (tertiary alicyclic amines) is 1. The summed E-state index contributed by atoms with van der Waals surface area (Å²) in [6.45, 7) is 0.640. The van der Waals surface area contributed by atoms with Crippen molar-refractivity contribution >= 4 is 27.7 Å². The van der Waals surface area contributed by atoms with Crippen LogP contribution >= 0.6 is 15.9 Å². The van der Waals surface area contributed by atoms with Crippen molar-refractivity contribution in [2.75, 3.05) is 6.54 Å². The van der Waals surface area contributed by atoms with E-state index in [2.05, 4.69) is 26.2 Å². The number of halogens is 1. The van der Waals surface area contributed by atoms with E-state index in [0.29, 0.717) is 22.8 Å². The summed E-state index contributed by atoms with van der Waals surface area (Å²) in [7, 11) is 0. The SMILES string of the molecule is O=C(NC1CC1)C1CCCN1C(=O)c1ccnc(Br)c1. The van der Waals surface area contributed by atoms with Gasteiger partial charge in [-0.05, 0) is 53.7 Å². The van der Waals surface area contributed by atoms with Crippen molar-refractivity contribution in [3.8, 4) is 0 Å². The van der Waals surface area contributed by atoms with Gasteiger partial charge in [-0.15, -0.1) is 0 Å². The molecule has 0 aromatic carbocycles. The zero-order valence-corrected chi connectivity index (χ0v) is 12.6. The lowest BCUT2D eigenvalue weighted by Crippen LogP contribution is -2.46. The molecule has 0 radical (unpaired) electrons. The molecular weight excluding hydrogens is 322 g/mol. The minimum absolute atomic E-state index is 0.00790. The summed E-state index contributed by atoms with van der Waals surface area (Å²) < 4.78 is 0.626. The van der Waals surface area contributed by atoms with Crippen LogP contribution in [0.1, 0.15) is 36.0 Å². The number of aromatic nitrogens is 1. The Morgan fingerprint density at radius 3 is 2.85 bits per heavy atom. The zero-order chi connectivity index (χ0) is 14.1. The van der Waals surface area contributed by atoms with Crippen molar-refractivity contribution in [2.45, 2.75) is 37.8 Å². The number of hydrogen-bond donors (Lipinski definition) is 1. The first-order valence-corrected chi connectivity index (χ1v) is 7.67. The van der Waals surface area contributed by atoms with E-state index in [9.17, 15) is 9.59 Å². The van der Waals surface area contributed by atoms with Gasteiger partial charge in [0.25, 0.3) is 5.91 Å². The fraction of sp³-hybridized carbons (Fsp3) is 0.500. The van der Waals surface area contributed by atoms with Gasteiger partial charge in [0.2, 0.25) is 5.91 Å². The molecule has 2 amide bonds. The third-order valence-electron chi connectivity index (χ3n) is 3.71. The molecule has 1 aromatic heterocycles. The molecule has 5 nitrogen and oxygen atoms in total. The smallest absolute Gasteiger partial charge is 0.254 e. The maximum absolute atomic E-state index is 12.5. The number of amides is 2. The monoisotopic (exact) mass is 337 g/mol. The first-order valence-electron chi connectivity index (χ1n) is 6.88. The van der Waals surface area contributed by atoms with Gasteiger partial charge in [-0.3, -0.25) is 9.59 Å². The van der Waals surface area contributed by atoms with Crippen LogP contribution in [-0.2, 0) is 4.79 Å². The third-order valence-corrected chi connectivity index (χ3v) is 4.15. The predicted octanol–water partition coefficient (Wildman–Crippen LogP) is 1.73. The molecule has 1 saturated carbocycles. The molecule has 1 saturated heterocycles. The van der Waals surface area contributed by atoms with Crippen molar-refractivity contribution in [1.82, 2.24) is 15.2 Å². The Morgan fingerprint density at radius 2 is 2.15 bits per heavy atom. The van der Waals surface area contributed by atoms with Crippen molar-refractivity contribution in [3.05, 3.63) is 28.5 Å². The summed E-state index contributed by atoms with van der Waals surface area (Å²) in [5.74, 6) is -0.104. The van der Waals surface area contributed by atoms with E-state index < -0.39 is 0 Å². The zero-order valence-electron chi connectivity index (χ0n) is 11.0. The van der Waals surface area contributed by atoms with Crippen molar-refractivity contribution < 1.29 is 9.59 Å². The second kappa shape index (κ2) is 5.52. The molecule has 3 rings (SSSR count). The second-order valence-corrected chi connectivity index (χ2v) is 6.12. The minimum Gasteiger partial charge on any atom is -0.352 e. The lowest BCUT2D eigenvalue weighted by molar-refractivity contribution is -0.125. The molecule has 0 bridgehead atoms. The van der Waals surface area contributed by atoms with Gasteiger partial charge in [0, 0.05) is 24.3 Å². The first-order chi connectivity index (χ1) is 9.65. The quantitative estimate of drug-likeness (QED) is 0.854. The highest BCUT2D eigenvalue weighted by Gasteiger charge is 2.36. The lowest BCUT2D eigenvalue weighted by Gasteiger charge is -2.24. The van der Waals surface area contributed by atoms with Crippen LogP contribution in [0.3, 0.4) is 0 Å². The van der Waals surface area contributed by atoms with E-state index in [4.69, 9.17) is 0 Å². The summed E-state index contributed by atoms with van der Waals surface area (Å²) in [6, 6.07) is 3.38. The van der Waals surface area contributed by atoms with Crippen LogP contribution in [-0.4, -0.2) is 40.3 Å². The Balaban J connectivity index is 1.73. The molecule has 0 spiro atoms. The molecule has 1 atom stereocenters. The van der Waals surface area contributed by atoms with E-state index in [1.54, 1.807) is 23.2 Å². The normalized spacial score (nSPS) is 21.9. The van der Waals surface area contributed by atoms with Gasteiger partial charge < -0.3 is 10.2 Å². The van der Waals surface area contributed by atoms with Crippen LogP contribution < -0.4 is 5.32 Å². The van der Waals surface area contributed by atoms with Crippen LogP contribution in [0.2, 0.25) is 0 Å². The molecule has 1 aromatic rings. The molecule has 1 aliphatic heterocycles. The van der Waals surface area contributed by atoms with Gasteiger partial charge >= 0.3 is 0 Å². The summed E-state index contributed by atoms with van der Waals surface area (Å²) in [5.41, 5.74) is 0.568. The standard InChI is InChI=1S/C14H16BrN3O2/c15-12-8-9(5-6-16-12)14(20)18-7-1-2-11(18)13(19)17-10-3-4-10/h5-6,8,10-11H,1-4,7H2,(H,17,19). The number of rotatable bonds is 3. The van der Waals surface area contributed by atoms with Gasteiger partial charge in [0.15, 0.2) is 0 Å². The highest BCUT2D eigenvalue weighted by molar-refractivity contribution is 9.10.